The molecule has 14 heavy (non-hydrogen) atoms. The molecule has 0 aromatic heterocycles. The minimum atomic E-state index is -0.495. The molecule has 2 nitrogen and oxygen atoms in total. The van der Waals surface area contributed by atoms with Gasteiger partial charge in [-0.1, -0.05) is 42.5 Å². The zero-order chi connectivity index (χ0) is 9.86. The van der Waals surface area contributed by atoms with E-state index in [4.69, 9.17) is 0 Å². The van der Waals surface area contributed by atoms with Crippen molar-refractivity contribution in [2.75, 3.05) is 13.1 Å². The van der Waals surface area contributed by atoms with Crippen LogP contribution in [-0.4, -0.2) is 23.8 Å². The SMILES string of the molecule is OC1(C/C=C/c2ccccc2)CNC1. The van der Waals surface area contributed by atoms with Crippen molar-refractivity contribution in [1.29, 1.82) is 0 Å². The average Bonchev–Trinajstić information content (AvgIpc) is 2.17. The fourth-order valence-corrected chi connectivity index (χ4v) is 1.54. The van der Waals surface area contributed by atoms with Crippen LogP contribution in [0.5, 0.6) is 0 Å². The molecule has 1 aromatic carbocycles. The summed E-state index contributed by atoms with van der Waals surface area (Å²) in [6.45, 7) is 1.43. The highest BCUT2D eigenvalue weighted by atomic mass is 16.3. The van der Waals surface area contributed by atoms with E-state index >= 15 is 0 Å². The molecule has 1 aromatic rings. The zero-order valence-corrected chi connectivity index (χ0v) is 8.11. The predicted octanol–water partition coefficient (Wildman–Crippen LogP) is 1.42. The Morgan fingerprint density at radius 1 is 1.29 bits per heavy atom. The van der Waals surface area contributed by atoms with Crippen LogP contribution in [0, 0.1) is 0 Å². The van der Waals surface area contributed by atoms with Gasteiger partial charge in [0.2, 0.25) is 0 Å². The fraction of sp³-hybridized carbons (Fsp3) is 0.333. The van der Waals surface area contributed by atoms with E-state index in [0.717, 1.165) is 6.42 Å². The van der Waals surface area contributed by atoms with Gasteiger partial charge in [-0.15, -0.1) is 0 Å². The van der Waals surface area contributed by atoms with Gasteiger partial charge in [-0.25, -0.2) is 0 Å². The highest BCUT2D eigenvalue weighted by Gasteiger charge is 2.32. The first-order valence-corrected chi connectivity index (χ1v) is 4.93. The number of β-amino-alcohol motifs (C(OH)–C–C–N with tert-alkyl or cyclic N) is 1. The molecule has 1 aliphatic rings. The molecule has 2 rings (SSSR count). The highest BCUT2D eigenvalue weighted by Crippen LogP contribution is 2.16. The number of rotatable bonds is 3. The van der Waals surface area contributed by atoms with Gasteiger partial charge >= 0.3 is 0 Å². The van der Waals surface area contributed by atoms with Gasteiger partial charge in [0.1, 0.15) is 0 Å². The molecule has 0 atom stereocenters. The molecule has 0 bridgehead atoms. The second-order valence-electron chi connectivity index (χ2n) is 3.85. The van der Waals surface area contributed by atoms with Crippen LogP contribution in [0.15, 0.2) is 36.4 Å². The molecule has 1 fully saturated rings. The summed E-state index contributed by atoms with van der Waals surface area (Å²) in [6, 6.07) is 10.1. The number of hydrogen-bond acceptors (Lipinski definition) is 2. The lowest BCUT2D eigenvalue weighted by atomic mass is 9.93. The Labute approximate surface area is 84.3 Å². The summed E-state index contributed by atoms with van der Waals surface area (Å²) in [4.78, 5) is 0. The molecular formula is C12H15NO. The van der Waals surface area contributed by atoms with E-state index in [9.17, 15) is 5.11 Å². The molecule has 1 heterocycles. The van der Waals surface area contributed by atoms with Crippen molar-refractivity contribution in [3.63, 3.8) is 0 Å². The summed E-state index contributed by atoms with van der Waals surface area (Å²) in [5.74, 6) is 0. The molecule has 0 radical (unpaired) electrons. The molecule has 0 aliphatic carbocycles. The first-order chi connectivity index (χ1) is 6.79. The van der Waals surface area contributed by atoms with Gasteiger partial charge in [0.05, 0.1) is 5.60 Å². The zero-order valence-electron chi connectivity index (χ0n) is 8.11. The monoisotopic (exact) mass is 189 g/mol. The minimum absolute atomic E-state index is 0.495. The van der Waals surface area contributed by atoms with E-state index in [1.807, 2.05) is 24.3 Å². The highest BCUT2D eigenvalue weighted by molar-refractivity contribution is 5.48. The maximum absolute atomic E-state index is 9.77. The average molecular weight is 189 g/mol. The number of aliphatic hydroxyl groups is 1. The summed E-state index contributed by atoms with van der Waals surface area (Å²) in [6.07, 6.45) is 4.82. The van der Waals surface area contributed by atoms with E-state index in [1.165, 1.54) is 5.56 Å². The second kappa shape index (κ2) is 3.95. The Bertz CT molecular complexity index is 314. The Kier molecular flexibility index (Phi) is 2.66. The first kappa shape index (κ1) is 9.44. The Morgan fingerprint density at radius 3 is 2.57 bits per heavy atom. The topological polar surface area (TPSA) is 32.3 Å². The normalized spacial score (nSPS) is 19.5. The maximum Gasteiger partial charge on any atom is 0.0929 e. The van der Waals surface area contributed by atoms with E-state index < -0.39 is 5.60 Å². The van der Waals surface area contributed by atoms with Crippen LogP contribution in [0.3, 0.4) is 0 Å². The quantitative estimate of drug-likeness (QED) is 0.753. The van der Waals surface area contributed by atoms with Crippen molar-refractivity contribution in [3.8, 4) is 0 Å². The molecule has 0 spiro atoms. The van der Waals surface area contributed by atoms with Gasteiger partial charge in [0, 0.05) is 13.1 Å². The van der Waals surface area contributed by atoms with Crippen LogP contribution in [0.25, 0.3) is 6.08 Å². The number of benzene rings is 1. The lowest BCUT2D eigenvalue weighted by molar-refractivity contribution is -0.00644. The Morgan fingerprint density at radius 2 is 2.00 bits per heavy atom. The molecule has 2 heteroatoms. The molecule has 2 N–H and O–H groups in total. The smallest absolute Gasteiger partial charge is 0.0929 e. The third kappa shape index (κ3) is 2.22. The van der Waals surface area contributed by atoms with Crippen LogP contribution in [-0.2, 0) is 0 Å². The van der Waals surface area contributed by atoms with Crippen molar-refractivity contribution >= 4 is 6.08 Å². The van der Waals surface area contributed by atoms with Crippen molar-refractivity contribution in [2.45, 2.75) is 12.0 Å². The second-order valence-corrected chi connectivity index (χ2v) is 3.85. The van der Waals surface area contributed by atoms with Gasteiger partial charge in [0.25, 0.3) is 0 Å². The molecule has 1 aliphatic heterocycles. The third-order valence-corrected chi connectivity index (χ3v) is 2.52. The van der Waals surface area contributed by atoms with Gasteiger partial charge in [-0.3, -0.25) is 0 Å². The van der Waals surface area contributed by atoms with Crippen LogP contribution in [0.1, 0.15) is 12.0 Å². The van der Waals surface area contributed by atoms with Crippen molar-refractivity contribution in [1.82, 2.24) is 5.32 Å². The minimum Gasteiger partial charge on any atom is -0.387 e. The molecule has 1 saturated heterocycles. The predicted molar refractivity (Wildman–Crippen MR) is 57.9 cm³/mol. The molecule has 0 saturated carbocycles. The molecule has 74 valence electrons. The summed E-state index contributed by atoms with van der Waals surface area (Å²) in [5.41, 5.74) is 0.689. The number of hydrogen-bond donors (Lipinski definition) is 2. The van der Waals surface area contributed by atoms with E-state index in [2.05, 4.69) is 23.5 Å². The van der Waals surface area contributed by atoms with E-state index in [0.29, 0.717) is 13.1 Å². The lowest BCUT2D eigenvalue weighted by Crippen LogP contribution is -2.59. The molecule has 0 amide bonds. The summed E-state index contributed by atoms with van der Waals surface area (Å²) < 4.78 is 0. The lowest BCUT2D eigenvalue weighted by Gasteiger charge is -2.36. The number of nitrogens with one attached hydrogen (secondary N) is 1. The fourth-order valence-electron chi connectivity index (χ4n) is 1.54. The van der Waals surface area contributed by atoms with E-state index in [1.54, 1.807) is 0 Å². The maximum atomic E-state index is 9.77. The molecular weight excluding hydrogens is 174 g/mol. The summed E-state index contributed by atoms with van der Waals surface area (Å²) >= 11 is 0. The first-order valence-electron chi connectivity index (χ1n) is 4.93. The van der Waals surface area contributed by atoms with Crippen LogP contribution in [0.4, 0.5) is 0 Å². The Balaban J connectivity index is 1.88. The van der Waals surface area contributed by atoms with Gasteiger partial charge in [0.15, 0.2) is 0 Å². The van der Waals surface area contributed by atoms with Crippen molar-refractivity contribution in [2.24, 2.45) is 0 Å². The van der Waals surface area contributed by atoms with Crippen molar-refractivity contribution < 1.29 is 5.11 Å². The van der Waals surface area contributed by atoms with Crippen LogP contribution < -0.4 is 5.32 Å². The third-order valence-electron chi connectivity index (χ3n) is 2.52. The summed E-state index contributed by atoms with van der Waals surface area (Å²) in [7, 11) is 0. The summed E-state index contributed by atoms with van der Waals surface area (Å²) in [5, 5.41) is 12.8. The van der Waals surface area contributed by atoms with Gasteiger partial charge in [-0.05, 0) is 12.0 Å². The van der Waals surface area contributed by atoms with Crippen LogP contribution in [0.2, 0.25) is 0 Å². The van der Waals surface area contributed by atoms with E-state index in [-0.39, 0.29) is 0 Å². The van der Waals surface area contributed by atoms with Crippen LogP contribution >= 0.6 is 0 Å². The molecule has 0 unspecified atom stereocenters. The van der Waals surface area contributed by atoms with Gasteiger partial charge in [-0.2, -0.15) is 0 Å². The van der Waals surface area contributed by atoms with Crippen molar-refractivity contribution in [3.05, 3.63) is 42.0 Å². The Hall–Kier alpha value is -1.12. The standard InChI is InChI=1S/C12H15NO/c14-12(9-13-10-12)8-4-7-11-5-2-1-3-6-11/h1-7,13-14H,8-10H2/b7-4+. The largest absolute Gasteiger partial charge is 0.387 e. The van der Waals surface area contributed by atoms with Gasteiger partial charge < -0.3 is 10.4 Å².